The minimum atomic E-state index is 0.388. The minimum absolute atomic E-state index is 0.388. The second-order valence-electron chi connectivity index (χ2n) is 4.83. The Kier molecular flexibility index (Phi) is 3.53. The fourth-order valence-electron chi connectivity index (χ4n) is 1.41. The van der Waals surface area contributed by atoms with Gasteiger partial charge in [0.2, 0.25) is 0 Å². The molecule has 2 nitrogen and oxygen atoms in total. The van der Waals surface area contributed by atoms with Crippen LogP contribution >= 0.6 is 0 Å². The first-order valence-corrected chi connectivity index (χ1v) is 4.90. The van der Waals surface area contributed by atoms with Crippen molar-refractivity contribution in [1.29, 1.82) is 0 Å². The molecule has 0 radical (unpaired) electrons. The molecule has 1 aliphatic heterocycles. The largest absolute Gasteiger partial charge is 0.377 e. The monoisotopic (exact) mass is 171 g/mol. The molecule has 1 fully saturated rings. The van der Waals surface area contributed by atoms with Crippen molar-refractivity contribution in [2.45, 2.75) is 39.7 Å². The van der Waals surface area contributed by atoms with Crippen LogP contribution in [0.3, 0.4) is 0 Å². The highest BCUT2D eigenvalue weighted by atomic mass is 16.5. The fourth-order valence-corrected chi connectivity index (χ4v) is 1.41. The molecule has 2 heteroatoms. The number of hydrogen-bond acceptors (Lipinski definition) is 2. The molecule has 0 unspecified atom stereocenters. The van der Waals surface area contributed by atoms with Crippen LogP contribution in [0, 0.1) is 5.41 Å². The van der Waals surface area contributed by atoms with E-state index in [1.165, 1.54) is 12.8 Å². The Labute approximate surface area is 75.7 Å². The molecule has 0 amide bonds. The summed E-state index contributed by atoms with van der Waals surface area (Å²) in [7, 11) is 0. The van der Waals surface area contributed by atoms with Crippen molar-refractivity contribution in [2.24, 2.45) is 5.41 Å². The molecule has 0 aromatic rings. The first kappa shape index (κ1) is 10.0. The van der Waals surface area contributed by atoms with Crippen LogP contribution in [0.15, 0.2) is 0 Å². The second-order valence-corrected chi connectivity index (χ2v) is 4.83. The molecule has 0 saturated carbocycles. The van der Waals surface area contributed by atoms with Gasteiger partial charge in [0.1, 0.15) is 0 Å². The summed E-state index contributed by atoms with van der Waals surface area (Å²) >= 11 is 0. The molecule has 1 N–H and O–H groups in total. The van der Waals surface area contributed by atoms with Crippen molar-refractivity contribution in [1.82, 2.24) is 5.32 Å². The molecular weight excluding hydrogens is 150 g/mol. The number of hydrogen-bond donors (Lipinski definition) is 1. The lowest BCUT2D eigenvalue weighted by atomic mass is 9.97. The molecule has 0 aliphatic carbocycles. The van der Waals surface area contributed by atoms with E-state index in [1.807, 2.05) is 0 Å². The van der Waals surface area contributed by atoms with Gasteiger partial charge in [-0.1, -0.05) is 20.8 Å². The summed E-state index contributed by atoms with van der Waals surface area (Å²) in [4.78, 5) is 0. The van der Waals surface area contributed by atoms with E-state index in [0.29, 0.717) is 11.5 Å². The van der Waals surface area contributed by atoms with Gasteiger partial charge < -0.3 is 10.1 Å². The molecule has 1 aliphatic rings. The van der Waals surface area contributed by atoms with E-state index in [-0.39, 0.29) is 0 Å². The molecule has 0 bridgehead atoms. The lowest BCUT2D eigenvalue weighted by molar-refractivity contribution is 0.108. The van der Waals surface area contributed by atoms with Gasteiger partial charge in [-0.15, -0.1) is 0 Å². The first-order chi connectivity index (χ1) is 5.58. The number of nitrogens with one attached hydrogen (secondary N) is 1. The zero-order valence-electron chi connectivity index (χ0n) is 8.52. The highest BCUT2D eigenvalue weighted by Gasteiger charge is 2.16. The summed E-state index contributed by atoms with van der Waals surface area (Å²) in [6.45, 7) is 9.80. The van der Waals surface area contributed by atoms with Gasteiger partial charge in [-0.25, -0.2) is 0 Å². The number of rotatable bonds is 3. The van der Waals surface area contributed by atoms with Crippen LogP contribution in [0.5, 0.6) is 0 Å². The Bertz CT molecular complexity index is 122. The number of ether oxygens (including phenoxy) is 1. The summed E-state index contributed by atoms with van der Waals surface area (Å²) in [5, 5.41) is 3.44. The second kappa shape index (κ2) is 4.24. The van der Waals surface area contributed by atoms with Gasteiger partial charge in [0, 0.05) is 19.7 Å². The molecule has 0 aromatic carbocycles. The SMILES string of the molecule is CC(C)(C)CNC[C@H]1CCCO1. The predicted octanol–water partition coefficient (Wildman–Crippen LogP) is 1.80. The third-order valence-corrected chi connectivity index (χ3v) is 2.05. The highest BCUT2D eigenvalue weighted by Crippen LogP contribution is 2.13. The normalized spacial score (nSPS) is 24.8. The smallest absolute Gasteiger partial charge is 0.0700 e. The van der Waals surface area contributed by atoms with Gasteiger partial charge in [0.05, 0.1) is 6.10 Å². The Balaban J connectivity index is 2.02. The molecule has 1 rings (SSSR count). The average Bonchev–Trinajstić information content (AvgIpc) is 2.36. The summed E-state index contributed by atoms with van der Waals surface area (Å²) in [6.07, 6.45) is 2.95. The van der Waals surface area contributed by atoms with Crippen molar-refractivity contribution in [3.8, 4) is 0 Å². The van der Waals surface area contributed by atoms with Crippen molar-refractivity contribution >= 4 is 0 Å². The van der Waals surface area contributed by atoms with E-state index in [4.69, 9.17) is 4.74 Å². The van der Waals surface area contributed by atoms with Crippen molar-refractivity contribution in [3.05, 3.63) is 0 Å². The van der Waals surface area contributed by atoms with Crippen LogP contribution in [0.25, 0.3) is 0 Å². The van der Waals surface area contributed by atoms with E-state index in [1.54, 1.807) is 0 Å². The molecule has 12 heavy (non-hydrogen) atoms. The lowest BCUT2D eigenvalue weighted by Crippen LogP contribution is -2.33. The average molecular weight is 171 g/mol. The Hall–Kier alpha value is -0.0800. The quantitative estimate of drug-likeness (QED) is 0.699. The zero-order valence-corrected chi connectivity index (χ0v) is 8.52. The molecule has 1 atom stereocenters. The maximum absolute atomic E-state index is 5.51. The van der Waals surface area contributed by atoms with E-state index in [2.05, 4.69) is 26.1 Å². The van der Waals surface area contributed by atoms with Gasteiger partial charge in [0.25, 0.3) is 0 Å². The van der Waals surface area contributed by atoms with E-state index in [9.17, 15) is 0 Å². The summed E-state index contributed by atoms with van der Waals surface area (Å²) < 4.78 is 5.51. The predicted molar refractivity (Wildman–Crippen MR) is 51.3 cm³/mol. The Morgan fingerprint density at radius 1 is 1.42 bits per heavy atom. The molecule has 72 valence electrons. The zero-order chi connectivity index (χ0) is 9.03. The van der Waals surface area contributed by atoms with Crippen LogP contribution in [-0.2, 0) is 4.74 Å². The first-order valence-electron chi connectivity index (χ1n) is 4.90. The summed E-state index contributed by atoms with van der Waals surface area (Å²) in [6, 6.07) is 0. The van der Waals surface area contributed by atoms with Gasteiger partial charge in [-0.3, -0.25) is 0 Å². The van der Waals surface area contributed by atoms with Crippen LogP contribution in [0.2, 0.25) is 0 Å². The van der Waals surface area contributed by atoms with E-state index in [0.717, 1.165) is 19.7 Å². The van der Waals surface area contributed by atoms with E-state index < -0.39 is 0 Å². The Morgan fingerprint density at radius 3 is 2.67 bits per heavy atom. The molecular formula is C10H21NO. The van der Waals surface area contributed by atoms with Crippen molar-refractivity contribution < 1.29 is 4.74 Å². The molecule has 0 aromatic heterocycles. The van der Waals surface area contributed by atoms with Crippen LogP contribution in [0.4, 0.5) is 0 Å². The van der Waals surface area contributed by atoms with Crippen molar-refractivity contribution in [2.75, 3.05) is 19.7 Å². The summed E-state index contributed by atoms with van der Waals surface area (Å²) in [5.74, 6) is 0. The van der Waals surface area contributed by atoms with Gasteiger partial charge in [0.15, 0.2) is 0 Å². The summed E-state index contributed by atoms with van der Waals surface area (Å²) in [5.41, 5.74) is 0.388. The maximum Gasteiger partial charge on any atom is 0.0700 e. The van der Waals surface area contributed by atoms with Gasteiger partial charge in [-0.2, -0.15) is 0 Å². The Morgan fingerprint density at radius 2 is 2.17 bits per heavy atom. The maximum atomic E-state index is 5.51. The van der Waals surface area contributed by atoms with Crippen LogP contribution < -0.4 is 5.32 Å². The fraction of sp³-hybridized carbons (Fsp3) is 1.00. The van der Waals surface area contributed by atoms with Crippen LogP contribution in [-0.4, -0.2) is 25.8 Å². The third kappa shape index (κ3) is 4.07. The van der Waals surface area contributed by atoms with Crippen LogP contribution in [0.1, 0.15) is 33.6 Å². The van der Waals surface area contributed by atoms with Gasteiger partial charge >= 0.3 is 0 Å². The highest BCUT2D eigenvalue weighted by molar-refractivity contribution is 4.70. The standard InChI is InChI=1S/C10H21NO/c1-10(2,3)8-11-7-9-5-4-6-12-9/h9,11H,4-8H2,1-3H3/t9-/m1/s1. The molecule has 1 saturated heterocycles. The lowest BCUT2D eigenvalue weighted by Gasteiger charge is -2.20. The van der Waals surface area contributed by atoms with E-state index >= 15 is 0 Å². The molecule has 1 heterocycles. The third-order valence-electron chi connectivity index (χ3n) is 2.05. The minimum Gasteiger partial charge on any atom is -0.377 e. The van der Waals surface area contributed by atoms with Crippen molar-refractivity contribution in [3.63, 3.8) is 0 Å². The topological polar surface area (TPSA) is 21.3 Å². The van der Waals surface area contributed by atoms with Gasteiger partial charge in [-0.05, 0) is 18.3 Å². The molecule has 0 spiro atoms.